The van der Waals surface area contributed by atoms with Crippen molar-refractivity contribution < 1.29 is 17.6 Å². The molecular formula is C27H28FN5O3S. The van der Waals surface area contributed by atoms with E-state index in [4.69, 9.17) is 0 Å². The normalized spacial score (nSPS) is 12.8. The molecule has 192 valence electrons. The number of H-pyrrole nitrogens is 1. The highest BCUT2D eigenvalue weighted by Crippen LogP contribution is 2.22. The van der Waals surface area contributed by atoms with E-state index in [1.807, 2.05) is 30.3 Å². The van der Waals surface area contributed by atoms with Gasteiger partial charge in [0, 0.05) is 16.7 Å². The summed E-state index contributed by atoms with van der Waals surface area (Å²) in [6.07, 6.45) is 0.443. The molecule has 4 aromatic rings. The van der Waals surface area contributed by atoms with Crippen LogP contribution in [0.1, 0.15) is 48.6 Å². The first kappa shape index (κ1) is 26.2. The number of rotatable bonds is 8. The van der Waals surface area contributed by atoms with Gasteiger partial charge in [-0.2, -0.15) is 5.10 Å². The Morgan fingerprint density at radius 1 is 0.973 bits per heavy atom. The van der Waals surface area contributed by atoms with Crippen LogP contribution in [-0.2, 0) is 16.4 Å². The average molecular weight is 522 g/mol. The first-order valence-corrected chi connectivity index (χ1v) is 13.2. The molecule has 0 saturated carbocycles. The molecule has 1 amide bonds. The summed E-state index contributed by atoms with van der Waals surface area (Å²) in [4.78, 5) is 17.6. The number of carbonyl (C=O) groups is 1. The molecule has 3 aromatic carbocycles. The number of sulfonamides is 1. The van der Waals surface area contributed by atoms with Gasteiger partial charge in [-0.3, -0.25) is 9.89 Å². The summed E-state index contributed by atoms with van der Waals surface area (Å²) >= 11 is 0. The SMILES string of the molecule is CC(C)(C)NS(=O)(=O)c1ccc(-c2n[nH]c([C@H](Cc3ccccc3)NC(=O)c3ccc(F)cc3)n2)cc1. The van der Waals surface area contributed by atoms with Crippen LogP contribution < -0.4 is 10.0 Å². The van der Waals surface area contributed by atoms with Gasteiger partial charge >= 0.3 is 0 Å². The van der Waals surface area contributed by atoms with Crippen LogP contribution >= 0.6 is 0 Å². The third-order valence-corrected chi connectivity index (χ3v) is 7.16. The first-order valence-electron chi connectivity index (χ1n) is 11.7. The van der Waals surface area contributed by atoms with Crippen LogP contribution in [0.15, 0.2) is 83.8 Å². The zero-order valence-corrected chi connectivity index (χ0v) is 21.5. The smallest absolute Gasteiger partial charge is 0.251 e. The number of halogens is 1. The fraction of sp³-hybridized carbons (Fsp3) is 0.222. The quantitative estimate of drug-likeness (QED) is 0.318. The van der Waals surface area contributed by atoms with Gasteiger partial charge in [0.05, 0.1) is 10.9 Å². The van der Waals surface area contributed by atoms with Crippen molar-refractivity contribution in [3.63, 3.8) is 0 Å². The second-order valence-electron chi connectivity index (χ2n) is 9.65. The summed E-state index contributed by atoms with van der Waals surface area (Å²) in [7, 11) is -3.67. The highest BCUT2D eigenvalue weighted by Gasteiger charge is 2.23. The lowest BCUT2D eigenvalue weighted by atomic mass is 10.0. The molecule has 3 N–H and O–H groups in total. The highest BCUT2D eigenvalue weighted by molar-refractivity contribution is 7.89. The van der Waals surface area contributed by atoms with E-state index in [2.05, 4.69) is 25.2 Å². The Morgan fingerprint density at radius 3 is 2.24 bits per heavy atom. The van der Waals surface area contributed by atoms with E-state index in [1.165, 1.54) is 36.4 Å². The Labute approximate surface area is 215 Å². The number of carbonyl (C=O) groups excluding carboxylic acids is 1. The van der Waals surface area contributed by atoms with Gasteiger partial charge in [0.2, 0.25) is 10.0 Å². The molecule has 1 atom stereocenters. The van der Waals surface area contributed by atoms with Crippen molar-refractivity contribution in [3.8, 4) is 11.4 Å². The summed E-state index contributed by atoms with van der Waals surface area (Å²) in [5.74, 6) is -0.0118. The molecule has 10 heteroatoms. The maximum absolute atomic E-state index is 13.3. The largest absolute Gasteiger partial charge is 0.342 e. The van der Waals surface area contributed by atoms with Crippen LogP contribution in [0.4, 0.5) is 4.39 Å². The molecule has 1 aromatic heterocycles. The summed E-state index contributed by atoms with van der Waals surface area (Å²) in [5, 5.41) is 10.1. The monoisotopic (exact) mass is 521 g/mol. The van der Waals surface area contributed by atoms with E-state index in [1.54, 1.807) is 32.9 Å². The lowest BCUT2D eigenvalue weighted by Gasteiger charge is -2.20. The van der Waals surface area contributed by atoms with Gasteiger partial charge in [-0.1, -0.05) is 30.3 Å². The Bertz CT molecular complexity index is 1460. The Morgan fingerprint density at radius 2 is 1.62 bits per heavy atom. The van der Waals surface area contributed by atoms with E-state index in [0.717, 1.165) is 5.56 Å². The molecule has 4 rings (SSSR count). The summed E-state index contributed by atoms with van der Waals surface area (Å²) in [6.45, 7) is 5.32. The molecule has 0 radical (unpaired) electrons. The van der Waals surface area contributed by atoms with Gasteiger partial charge in [-0.15, -0.1) is 0 Å². The number of amides is 1. The number of nitrogens with zero attached hydrogens (tertiary/aromatic N) is 2. The molecule has 0 fully saturated rings. The number of aromatic nitrogens is 3. The highest BCUT2D eigenvalue weighted by atomic mass is 32.2. The number of aromatic amines is 1. The lowest BCUT2D eigenvalue weighted by Crippen LogP contribution is -2.40. The van der Waals surface area contributed by atoms with Gasteiger partial charge in [0.25, 0.3) is 5.91 Å². The fourth-order valence-corrected chi connectivity index (χ4v) is 5.13. The van der Waals surface area contributed by atoms with E-state index in [0.29, 0.717) is 29.2 Å². The fourth-order valence-electron chi connectivity index (χ4n) is 3.71. The number of nitrogens with one attached hydrogen (secondary N) is 3. The second-order valence-corrected chi connectivity index (χ2v) is 11.3. The van der Waals surface area contributed by atoms with E-state index in [-0.39, 0.29) is 10.8 Å². The summed E-state index contributed by atoms with van der Waals surface area (Å²) in [6, 6.07) is 20.6. The average Bonchev–Trinajstić information content (AvgIpc) is 3.34. The number of hydrogen-bond donors (Lipinski definition) is 3. The van der Waals surface area contributed by atoms with Crippen LogP contribution in [0.2, 0.25) is 0 Å². The third-order valence-electron chi connectivity index (χ3n) is 5.39. The van der Waals surface area contributed by atoms with E-state index in [9.17, 15) is 17.6 Å². The minimum atomic E-state index is -3.67. The molecule has 37 heavy (non-hydrogen) atoms. The molecule has 0 aliphatic carbocycles. The van der Waals surface area contributed by atoms with Crippen molar-refractivity contribution in [2.45, 2.75) is 43.7 Å². The zero-order valence-electron chi connectivity index (χ0n) is 20.7. The standard InChI is InChI=1S/C27H28FN5O3S/c1-27(2,3)33-37(35,36)22-15-11-19(12-16-22)24-30-25(32-31-24)23(17-18-7-5-4-6-8-18)29-26(34)20-9-13-21(28)14-10-20/h4-16,23,33H,17H2,1-3H3,(H,29,34)(H,30,31,32)/t23-/m0/s1. The van der Waals surface area contributed by atoms with Crippen molar-refractivity contribution in [2.75, 3.05) is 0 Å². The van der Waals surface area contributed by atoms with Gasteiger partial charge in [0.15, 0.2) is 5.82 Å². The minimum Gasteiger partial charge on any atom is -0.342 e. The topological polar surface area (TPSA) is 117 Å². The van der Waals surface area contributed by atoms with Crippen LogP contribution in [-0.4, -0.2) is 35.0 Å². The maximum atomic E-state index is 13.3. The summed E-state index contributed by atoms with van der Waals surface area (Å²) < 4.78 is 41.1. The third kappa shape index (κ3) is 6.87. The molecule has 0 unspecified atom stereocenters. The predicted molar refractivity (Wildman–Crippen MR) is 139 cm³/mol. The van der Waals surface area contributed by atoms with Crippen molar-refractivity contribution in [2.24, 2.45) is 0 Å². The first-order chi connectivity index (χ1) is 17.5. The van der Waals surface area contributed by atoms with Crippen molar-refractivity contribution in [3.05, 3.63) is 102 Å². The molecular weight excluding hydrogens is 493 g/mol. The van der Waals surface area contributed by atoms with Gasteiger partial charge in [-0.25, -0.2) is 22.5 Å². The van der Waals surface area contributed by atoms with Gasteiger partial charge in [-0.05, 0) is 81.3 Å². The number of hydrogen-bond acceptors (Lipinski definition) is 5. The zero-order chi connectivity index (χ0) is 26.6. The van der Waals surface area contributed by atoms with Crippen molar-refractivity contribution in [1.82, 2.24) is 25.2 Å². The second kappa shape index (κ2) is 10.6. The minimum absolute atomic E-state index is 0.135. The van der Waals surface area contributed by atoms with Crippen molar-refractivity contribution in [1.29, 1.82) is 0 Å². The molecule has 0 aliphatic heterocycles. The summed E-state index contributed by atoms with van der Waals surface area (Å²) in [5.41, 5.74) is 1.30. The van der Waals surface area contributed by atoms with Gasteiger partial charge < -0.3 is 5.32 Å². The lowest BCUT2D eigenvalue weighted by molar-refractivity contribution is 0.0934. The van der Waals surface area contributed by atoms with E-state index >= 15 is 0 Å². The molecule has 0 bridgehead atoms. The van der Waals surface area contributed by atoms with Crippen LogP contribution in [0.5, 0.6) is 0 Å². The van der Waals surface area contributed by atoms with E-state index < -0.39 is 27.4 Å². The molecule has 0 aliphatic rings. The number of benzene rings is 3. The molecule has 0 spiro atoms. The Hall–Kier alpha value is -3.89. The van der Waals surface area contributed by atoms with Crippen molar-refractivity contribution >= 4 is 15.9 Å². The Balaban J connectivity index is 1.58. The van der Waals surface area contributed by atoms with Gasteiger partial charge in [0.1, 0.15) is 11.6 Å². The molecule has 8 nitrogen and oxygen atoms in total. The van der Waals surface area contributed by atoms with Crippen LogP contribution in [0.3, 0.4) is 0 Å². The molecule has 1 heterocycles. The van der Waals surface area contributed by atoms with Crippen LogP contribution in [0.25, 0.3) is 11.4 Å². The maximum Gasteiger partial charge on any atom is 0.251 e. The van der Waals surface area contributed by atoms with Crippen LogP contribution in [0, 0.1) is 5.82 Å². The Kier molecular flexibility index (Phi) is 7.51. The predicted octanol–water partition coefficient (Wildman–Crippen LogP) is 4.40. The molecule has 0 saturated heterocycles.